The van der Waals surface area contributed by atoms with E-state index < -0.39 is 0 Å². The second kappa shape index (κ2) is 8.09. The van der Waals surface area contributed by atoms with Gasteiger partial charge < -0.3 is 15.6 Å². The number of hydrogen-bond acceptors (Lipinski definition) is 5. The number of aryl methyl sites for hydroxylation is 1. The number of aromatic nitrogens is 3. The minimum absolute atomic E-state index is 0.160. The number of nitrogens with zero attached hydrogens (tertiary/aromatic N) is 3. The molecule has 9 heteroatoms. The molecule has 0 radical (unpaired) electrons. The molecule has 1 aliphatic rings. The number of rotatable bonds is 8. The maximum Gasteiger partial charge on any atom is 0.234 e. The van der Waals surface area contributed by atoms with E-state index in [1.807, 2.05) is 23.6 Å². The first kappa shape index (κ1) is 18.7. The molecule has 0 aliphatic heterocycles. The van der Waals surface area contributed by atoms with Gasteiger partial charge in [0.05, 0.1) is 5.75 Å². The molecule has 3 N–H and O–H groups in total. The zero-order valence-electron chi connectivity index (χ0n) is 14.4. The zero-order valence-corrected chi connectivity index (χ0v) is 15.9. The molecule has 1 saturated carbocycles. The summed E-state index contributed by atoms with van der Waals surface area (Å²) in [6.45, 7) is 2.34. The summed E-state index contributed by atoms with van der Waals surface area (Å²) >= 11 is 7.37. The Hall–Kier alpha value is -2.06. The third-order valence-electron chi connectivity index (χ3n) is 4.06. The standard InChI is InChI=1S/C17H20ClN5O2S/c1-10-2-5-12(8-13(10)18)20-15(25)9-26-17-22-21-16(11-3-4-11)23(17)7-6-14(19)24/h2,5,8,11H,3-4,6-7,9H2,1H3,(H2,19,24)(H,20,25). The van der Waals surface area contributed by atoms with E-state index in [0.717, 1.165) is 24.2 Å². The Morgan fingerprint density at radius 2 is 2.15 bits per heavy atom. The number of carbonyl (C=O) groups is 2. The monoisotopic (exact) mass is 393 g/mol. The predicted molar refractivity (Wildman–Crippen MR) is 101 cm³/mol. The fourth-order valence-electron chi connectivity index (χ4n) is 2.48. The number of nitrogens with two attached hydrogens (primary N) is 1. The largest absolute Gasteiger partial charge is 0.370 e. The second-order valence-electron chi connectivity index (χ2n) is 6.28. The van der Waals surface area contributed by atoms with Gasteiger partial charge in [0.1, 0.15) is 5.82 Å². The van der Waals surface area contributed by atoms with E-state index in [0.29, 0.717) is 28.3 Å². The van der Waals surface area contributed by atoms with Crippen LogP contribution in [0.15, 0.2) is 23.4 Å². The van der Waals surface area contributed by atoms with Gasteiger partial charge in [-0.2, -0.15) is 0 Å². The van der Waals surface area contributed by atoms with Crippen molar-refractivity contribution in [2.75, 3.05) is 11.1 Å². The SMILES string of the molecule is Cc1ccc(NC(=O)CSc2nnc(C3CC3)n2CCC(N)=O)cc1Cl. The molecule has 1 aromatic carbocycles. The van der Waals surface area contributed by atoms with Crippen LogP contribution in [0.2, 0.25) is 5.02 Å². The molecule has 2 aromatic rings. The summed E-state index contributed by atoms with van der Waals surface area (Å²) < 4.78 is 1.91. The van der Waals surface area contributed by atoms with Gasteiger partial charge in [0, 0.05) is 29.6 Å². The van der Waals surface area contributed by atoms with E-state index in [2.05, 4.69) is 15.5 Å². The van der Waals surface area contributed by atoms with Crippen LogP contribution < -0.4 is 11.1 Å². The van der Waals surface area contributed by atoms with E-state index in [4.69, 9.17) is 17.3 Å². The molecule has 1 aromatic heterocycles. The Morgan fingerprint density at radius 1 is 1.38 bits per heavy atom. The van der Waals surface area contributed by atoms with Gasteiger partial charge in [0.25, 0.3) is 0 Å². The molecular formula is C17H20ClN5O2S. The number of thioether (sulfide) groups is 1. The summed E-state index contributed by atoms with van der Waals surface area (Å²) in [6, 6.07) is 5.39. The topological polar surface area (TPSA) is 103 Å². The number of nitrogens with one attached hydrogen (secondary N) is 1. The number of anilines is 1. The van der Waals surface area contributed by atoms with Gasteiger partial charge in [-0.25, -0.2) is 0 Å². The van der Waals surface area contributed by atoms with Gasteiger partial charge in [0.2, 0.25) is 11.8 Å². The first-order valence-corrected chi connectivity index (χ1v) is 9.70. The van der Waals surface area contributed by atoms with Crippen LogP contribution in [-0.4, -0.2) is 32.3 Å². The number of halogens is 1. The van der Waals surface area contributed by atoms with Crippen LogP contribution in [0.1, 0.15) is 36.6 Å². The lowest BCUT2D eigenvalue weighted by molar-refractivity contribution is -0.118. The van der Waals surface area contributed by atoms with Crippen molar-refractivity contribution in [3.05, 3.63) is 34.6 Å². The summed E-state index contributed by atoms with van der Waals surface area (Å²) in [5, 5.41) is 12.5. The first-order valence-electron chi connectivity index (χ1n) is 8.34. The number of benzene rings is 1. The molecule has 3 rings (SSSR count). The molecule has 0 atom stereocenters. The lowest BCUT2D eigenvalue weighted by Crippen LogP contribution is -2.17. The Kier molecular flexibility index (Phi) is 5.83. The Labute approximate surface area is 160 Å². The summed E-state index contributed by atoms with van der Waals surface area (Å²) in [7, 11) is 0. The highest BCUT2D eigenvalue weighted by Gasteiger charge is 2.30. The van der Waals surface area contributed by atoms with Crippen molar-refractivity contribution in [3.63, 3.8) is 0 Å². The van der Waals surface area contributed by atoms with Crippen molar-refractivity contribution >= 4 is 40.9 Å². The highest BCUT2D eigenvalue weighted by Crippen LogP contribution is 2.40. The molecule has 7 nitrogen and oxygen atoms in total. The molecule has 1 fully saturated rings. The number of hydrogen-bond donors (Lipinski definition) is 2. The van der Waals surface area contributed by atoms with Gasteiger partial charge in [-0.3, -0.25) is 9.59 Å². The highest BCUT2D eigenvalue weighted by atomic mass is 35.5. The van der Waals surface area contributed by atoms with Crippen molar-refractivity contribution < 1.29 is 9.59 Å². The lowest BCUT2D eigenvalue weighted by Gasteiger charge is -2.09. The van der Waals surface area contributed by atoms with Crippen LogP contribution in [0.5, 0.6) is 0 Å². The van der Waals surface area contributed by atoms with E-state index in [9.17, 15) is 9.59 Å². The van der Waals surface area contributed by atoms with Crippen molar-refractivity contribution in [1.29, 1.82) is 0 Å². The fourth-order valence-corrected chi connectivity index (χ4v) is 3.43. The molecule has 2 amide bonds. The van der Waals surface area contributed by atoms with Crippen LogP contribution in [0.4, 0.5) is 5.69 Å². The van der Waals surface area contributed by atoms with E-state index in [-0.39, 0.29) is 24.0 Å². The zero-order chi connectivity index (χ0) is 18.7. The average Bonchev–Trinajstić information content (AvgIpc) is 3.35. The van der Waals surface area contributed by atoms with Gasteiger partial charge >= 0.3 is 0 Å². The lowest BCUT2D eigenvalue weighted by atomic mass is 10.2. The summed E-state index contributed by atoms with van der Waals surface area (Å²) in [6.07, 6.45) is 2.38. The van der Waals surface area contributed by atoms with Crippen molar-refractivity contribution in [3.8, 4) is 0 Å². The highest BCUT2D eigenvalue weighted by molar-refractivity contribution is 7.99. The van der Waals surface area contributed by atoms with Gasteiger partial charge in [-0.05, 0) is 37.5 Å². The predicted octanol–water partition coefficient (Wildman–Crippen LogP) is 2.72. The number of primary amides is 1. The molecule has 0 bridgehead atoms. The van der Waals surface area contributed by atoms with E-state index in [1.54, 1.807) is 6.07 Å². The molecule has 0 unspecified atom stereocenters. The van der Waals surface area contributed by atoms with Crippen LogP contribution >= 0.6 is 23.4 Å². The third kappa shape index (κ3) is 4.76. The minimum atomic E-state index is -0.370. The van der Waals surface area contributed by atoms with E-state index >= 15 is 0 Å². The van der Waals surface area contributed by atoms with Gasteiger partial charge in [0.15, 0.2) is 5.16 Å². The molecule has 0 spiro atoms. The van der Waals surface area contributed by atoms with Crippen LogP contribution in [0.25, 0.3) is 0 Å². The minimum Gasteiger partial charge on any atom is -0.370 e. The van der Waals surface area contributed by atoms with Crippen molar-refractivity contribution in [2.45, 2.75) is 43.8 Å². The fraction of sp³-hybridized carbons (Fsp3) is 0.412. The molecule has 26 heavy (non-hydrogen) atoms. The summed E-state index contributed by atoms with van der Waals surface area (Å²) in [5.74, 6) is 0.927. The molecule has 138 valence electrons. The van der Waals surface area contributed by atoms with Crippen LogP contribution in [0, 0.1) is 6.92 Å². The number of amides is 2. The van der Waals surface area contributed by atoms with Gasteiger partial charge in [-0.15, -0.1) is 10.2 Å². The number of carbonyl (C=O) groups excluding carboxylic acids is 2. The van der Waals surface area contributed by atoms with Crippen molar-refractivity contribution in [2.24, 2.45) is 5.73 Å². The summed E-state index contributed by atoms with van der Waals surface area (Å²) in [5.41, 5.74) is 6.86. The second-order valence-corrected chi connectivity index (χ2v) is 7.63. The molecule has 1 aliphatic carbocycles. The Balaban J connectivity index is 1.62. The summed E-state index contributed by atoms with van der Waals surface area (Å²) in [4.78, 5) is 23.3. The van der Waals surface area contributed by atoms with Gasteiger partial charge in [-0.1, -0.05) is 29.4 Å². The normalized spacial score (nSPS) is 13.6. The Morgan fingerprint density at radius 3 is 2.81 bits per heavy atom. The molecule has 1 heterocycles. The maximum absolute atomic E-state index is 12.2. The first-order chi connectivity index (χ1) is 12.4. The Bertz CT molecular complexity index is 835. The van der Waals surface area contributed by atoms with Crippen LogP contribution in [-0.2, 0) is 16.1 Å². The smallest absolute Gasteiger partial charge is 0.234 e. The van der Waals surface area contributed by atoms with E-state index in [1.165, 1.54) is 11.8 Å². The third-order valence-corrected chi connectivity index (χ3v) is 5.43. The molecular weight excluding hydrogens is 374 g/mol. The average molecular weight is 394 g/mol. The quantitative estimate of drug-likeness (QED) is 0.671. The van der Waals surface area contributed by atoms with Crippen LogP contribution in [0.3, 0.4) is 0 Å². The molecule has 0 saturated heterocycles. The van der Waals surface area contributed by atoms with Crippen molar-refractivity contribution in [1.82, 2.24) is 14.8 Å². The maximum atomic E-state index is 12.2.